The molecule has 0 atom stereocenters. The van der Waals surface area contributed by atoms with Crippen LogP contribution in [0.4, 0.5) is 0 Å². The van der Waals surface area contributed by atoms with Crippen molar-refractivity contribution in [3.05, 3.63) is 0 Å². The van der Waals surface area contributed by atoms with Gasteiger partial charge >= 0.3 is 104 Å². The van der Waals surface area contributed by atoms with E-state index in [0.29, 0.717) is 0 Å². The first-order valence-corrected chi connectivity index (χ1v) is 0. The molecule has 5 heteroatoms. The third kappa shape index (κ3) is 18.0. The largest absolute Gasteiger partial charge is 2.00 e. The number of halogens is 2. The molecule has 0 aromatic carbocycles. The van der Waals surface area contributed by atoms with Gasteiger partial charge in [0.25, 0.3) is 0 Å². The van der Waals surface area contributed by atoms with Crippen molar-refractivity contribution in [2.24, 2.45) is 0 Å². The van der Waals surface area contributed by atoms with Gasteiger partial charge in [0, 0.05) is 0 Å². The zero-order valence-corrected chi connectivity index (χ0v) is 11.7. The normalized spacial score (nSPS) is 0. The number of rotatable bonds is 0. The minimum atomic E-state index is 0. The minimum absolute atomic E-state index is 0. The third-order valence-corrected chi connectivity index (χ3v) is 0. The van der Waals surface area contributed by atoms with Gasteiger partial charge < -0.3 is 5.71 Å². The maximum atomic E-state index is 0. The van der Waals surface area contributed by atoms with Gasteiger partial charge in [0.15, 0.2) is 0 Å². The van der Waals surface area contributed by atoms with Crippen LogP contribution in [0.2, 0.25) is 0 Å². The SMILES string of the molecule is Cl.Cl.[H-].[H-].[H-].[H-].[K+].[Mg+2].[Na+]. The Balaban J connectivity index is 0. The molecule has 0 saturated carbocycles. The maximum absolute atomic E-state index is 0. The fourth-order valence-corrected chi connectivity index (χ4v) is 0. The summed E-state index contributed by atoms with van der Waals surface area (Å²) in [5.41, 5.74) is 0. The van der Waals surface area contributed by atoms with E-state index in [-0.39, 0.29) is 135 Å². The van der Waals surface area contributed by atoms with E-state index in [9.17, 15) is 0 Å². The zero-order chi connectivity index (χ0) is 0. The first-order valence-electron chi connectivity index (χ1n) is 0. The van der Waals surface area contributed by atoms with E-state index in [1.165, 1.54) is 0 Å². The molecule has 0 saturated heterocycles. The predicted octanol–water partition coefficient (Wildman–Crippen LogP) is -5.08. The Morgan fingerprint density at radius 1 is 1.00 bits per heavy atom. The Bertz CT molecular complexity index is 18.5. The summed E-state index contributed by atoms with van der Waals surface area (Å²) in [7, 11) is 0. The summed E-state index contributed by atoms with van der Waals surface area (Å²) in [4.78, 5) is 0. The summed E-state index contributed by atoms with van der Waals surface area (Å²) < 4.78 is 0. The van der Waals surface area contributed by atoms with Crippen LogP contribution in [0.5, 0.6) is 0 Å². The van der Waals surface area contributed by atoms with Crippen molar-refractivity contribution in [1.82, 2.24) is 0 Å². The van der Waals surface area contributed by atoms with E-state index in [2.05, 4.69) is 0 Å². The van der Waals surface area contributed by atoms with E-state index in [4.69, 9.17) is 0 Å². The second-order valence-corrected chi connectivity index (χ2v) is 0. The smallest absolute Gasteiger partial charge is 1.00 e. The van der Waals surface area contributed by atoms with Gasteiger partial charge in [-0.1, -0.05) is 0 Å². The van der Waals surface area contributed by atoms with Crippen molar-refractivity contribution in [2.75, 3.05) is 0 Å². The molecule has 0 bridgehead atoms. The molecule has 24 valence electrons. The third-order valence-electron chi connectivity index (χ3n) is 0. The van der Waals surface area contributed by atoms with Crippen LogP contribution in [0, 0.1) is 0 Å². The van der Waals surface area contributed by atoms with Crippen LogP contribution < -0.4 is 80.9 Å². The van der Waals surface area contributed by atoms with Gasteiger partial charge in [0.1, 0.15) is 0 Å². The Labute approximate surface area is 131 Å². The minimum Gasteiger partial charge on any atom is -1.00 e. The molecule has 0 N–H and O–H groups in total. The fourth-order valence-electron chi connectivity index (χ4n) is 0. The molecular weight excluding hydrogens is 157 g/mol. The number of hydrogen-bond acceptors (Lipinski definition) is 0. The quantitative estimate of drug-likeness (QED) is 0.314. The molecule has 0 unspecified atom stereocenters. The van der Waals surface area contributed by atoms with Crippen molar-refractivity contribution >= 4 is 47.9 Å². The average molecular weight is 163 g/mol. The summed E-state index contributed by atoms with van der Waals surface area (Å²) in [6, 6.07) is 0. The molecule has 0 fully saturated rings. The molecule has 0 aliphatic heterocycles. The molecule has 0 aromatic rings. The summed E-state index contributed by atoms with van der Waals surface area (Å²) >= 11 is 0. The van der Waals surface area contributed by atoms with E-state index < -0.39 is 0 Å². The molecule has 0 heterocycles. The Hall–Kier alpha value is 3.98. The molecule has 0 amide bonds. The molecule has 0 aromatic heterocycles. The molecule has 0 aliphatic rings. The molecule has 0 radical (unpaired) electrons. The first kappa shape index (κ1) is 36.1. The van der Waals surface area contributed by atoms with Crippen molar-refractivity contribution in [2.45, 2.75) is 0 Å². The van der Waals surface area contributed by atoms with E-state index in [1.54, 1.807) is 0 Å². The van der Waals surface area contributed by atoms with Gasteiger partial charge in [0.05, 0.1) is 0 Å². The van der Waals surface area contributed by atoms with Crippen molar-refractivity contribution in [3.8, 4) is 0 Å². The van der Waals surface area contributed by atoms with Crippen LogP contribution >= 0.6 is 24.8 Å². The Morgan fingerprint density at radius 3 is 1.00 bits per heavy atom. The van der Waals surface area contributed by atoms with Crippen LogP contribution in [0.15, 0.2) is 0 Å². The van der Waals surface area contributed by atoms with Crippen LogP contribution in [-0.4, -0.2) is 23.1 Å². The van der Waals surface area contributed by atoms with Crippen molar-refractivity contribution in [1.29, 1.82) is 0 Å². The topological polar surface area (TPSA) is 0 Å². The van der Waals surface area contributed by atoms with Gasteiger partial charge in [0.2, 0.25) is 0 Å². The van der Waals surface area contributed by atoms with Crippen LogP contribution in [0.25, 0.3) is 0 Å². The van der Waals surface area contributed by atoms with Gasteiger partial charge in [-0.15, -0.1) is 24.8 Å². The predicted molar refractivity (Wildman–Crippen MR) is 24.7 cm³/mol. The maximum Gasteiger partial charge on any atom is 2.00 e. The molecule has 0 rings (SSSR count). The van der Waals surface area contributed by atoms with Gasteiger partial charge in [-0.05, 0) is 0 Å². The summed E-state index contributed by atoms with van der Waals surface area (Å²) in [6.45, 7) is 0. The molecular formula is H6Cl2KMgNa. The molecule has 0 nitrogen and oxygen atoms in total. The molecule has 0 spiro atoms. The molecule has 5 heavy (non-hydrogen) atoms. The van der Waals surface area contributed by atoms with Crippen LogP contribution in [0.1, 0.15) is 5.71 Å². The van der Waals surface area contributed by atoms with Crippen LogP contribution in [0.3, 0.4) is 0 Å². The van der Waals surface area contributed by atoms with Gasteiger partial charge in [-0.3, -0.25) is 0 Å². The summed E-state index contributed by atoms with van der Waals surface area (Å²) in [5.74, 6) is 0. The monoisotopic (exact) mass is 162 g/mol. The van der Waals surface area contributed by atoms with Gasteiger partial charge in [-0.25, -0.2) is 0 Å². The second-order valence-electron chi connectivity index (χ2n) is 0. The van der Waals surface area contributed by atoms with E-state index in [1.807, 2.05) is 0 Å². The van der Waals surface area contributed by atoms with Crippen molar-refractivity contribution < 1.29 is 86.6 Å². The second kappa shape index (κ2) is 24.5. The van der Waals surface area contributed by atoms with E-state index in [0.717, 1.165) is 0 Å². The summed E-state index contributed by atoms with van der Waals surface area (Å²) in [6.07, 6.45) is 0. The molecule has 0 aliphatic carbocycles. The average Bonchev–Trinajstić information content (AvgIpc) is 0. The zero-order valence-electron chi connectivity index (χ0n) is 7.52. The standard InChI is InChI=1S/2ClH.K.Mg.Na.4H/h2*1H;;;;;;;/q;;+1;+2;+1;4*-1. The Kier molecular flexibility index (Phi) is 177. The fraction of sp³-hybridized carbons (Fsp3) is 0. The number of hydrogen-bond donors (Lipinski definition) is 0. The summed E-state index contributed by atoms with van der Waals surface area (Å²) in [5, 5.41) is 0. The van der Waals surface area contributed by atoms with Crippen molar-refractivity contribution in [3.63, 3.8) is 0 Å². The van der Waals surface area contributed by atoms with E-state index >= 15 is 0 Å². The first-order chi connectivity index (χ1) is 0. The van der Waals surface area contributed by atoms with Gasteiger partial charge in [-0.2, -0.15) is 0 Å². The van der Waals surface area contributed by atoms with Crippen LogP contribution in [-0.2, 0) is 0 Å². The Morgan fingerprint density at radius 2 is 1.00 bits per heavy atom.